The lowest BCUT2D eigenvalue weighted by Gasteiger charge is -1.99. The standard InChI is InChI=1S/C15H12BrN3OS/c1-9-10(2)21-14-13(9)15(20)19(8-17-14)18-7-11-5-3-4-6-12(11)16/h3-8H,1-2H3/b18-7+. The van der Waals surface area contributed by atoms with Crippen LogP contribution in [0.5, 0.6) is 0 Å². The molecule has 0 saturated heterocycles. The zero-order valence-electron chi connectivity index (χ0n) is 11.5. The maximum absolute atomic E-state index is 12.5. The van der Waals surface area contributed by atoms with E-state index in [0.29, 0.717) is 5.39 Å². The molecule has 1 aromatic carbocycles. The zero-order chi connectivity index (χ0) is 15.0. The van der Waals surface area contributed by atoms with Crippen molar-refractivity contribution in [3.63, 3.8) is 0 Å². The Hall–Kier alpha value is -1.79. The maximum Gasteiger partial charge on any atom is 0.282 e. The molecule has 2 heterocycles. The van der Waals surface area contributed by atoms with Gasteiger partial charge in [-0.25, -0.2) is 4.98 Å². The van der Waals surface area contributed by atoms with Crippen LogP contribution in [-0.4, -0.2) is 15.9 Å². The fraction of sp³-hybridized carbons (Fsp3) is 0.133. The molecule has 0 spiro atoms. The zero-order valence-corrected chi connectivity index (χ0v) is 13.9. The number of fused-ring (bicyclic) bond motifs is 1. The fourth-order valence-electron chi connectivity index (χ4n) is 2.01. The van der Waals surface area contributed by atoms with E-state index >= 15 is 0 Å². The molecule has 0 saturated carbocycles. The molecule has 6 heteroatoms. The summed E-state index contributed by atoms with van der Waals surface area (Å²) < 4.78 is 2.21. The molecule has 21 heavy (non-hydrogen) atoms. The summed E-state index contributed by atoms with van der Waals surface area (Å²) in [6.45, 7) is 3.94. The van der Waals surface area contributed by atoms with Gasteiger partial charge in [0.25, 0.3) is 5.56 Å². The van der Waals surface area contributed by atoms with E-state index in [-0.39, 0.29) is 5.56 Å². The van der Waals surface area contributed by atoms with Crippen LogP contribution in [0.25, 0.3) is 10.2 Å². The molecule has 0 fully saturated rings. The van der Waals surface area contributed by atoms with Crippen LogP contribution >= 0.6 is 27.3 Å². The predicted octanol–water partition coefficient (Wildman–Crippen LogP) is 3.72. The first-order chi connectivity index (χ1) is 10.1. The molecular weight excluding hydrogens is 350 g/mol. The Morgan fingerprint density at radius 1 is 1.33 bits per heavy atom. The van der Waals surface area contributed by atoms with Gasteiger partial charge in [0.05, 0.1) is 11.6 Å². The molecule has 0 aliphatic heterocycles. The van der Waals surface area contributed by atoms with Crippen LogP contribution in [0.2, 0.25) is 0 Å². The van der Waals surface area contributed by atoms with Gasteiger partial charge in [-0.15, -0.1) is 11.3 Å². The molecular formula is C15H12BrN3OS. The highest BCUT2D eigenvalue weighted by atomic mass is 79.9. The van der Waals surface area contributed by atoms with E-state index in [1.54, 1.807) is 6.21 Å². The first-order valence-electron chi connectivity index (χ1n) is 6.34. The summed E-state index contributed by atoms with van der Waals surface area (Å²) in [6, 6.07) is 7.70. The van der Waals surface area contributed by atoms with Gasteiger partial charge in [-0.1, -0.05) is 34.1 Å². The predicted molar refractivity (Wildman–Crippen MR) is 90.5 cm³/mol. The molecule has 0 unspecified atom stereocenters. The van der Waals surface area contributed by atoms with Gasteiger partial charge in [0.15, 0.2) is 0 Å². The Balaban J connectivity index is 2.10. The van der Waals surface area contributed by atoms with Crippen LogP contribution in [0.1, 0.15) is 16.0 Å². The summed E-state index contributed by atoms with van der Waals surface area (Å²) in [7, 11) is 0. The van der Waals surface area contributed by atoms with Crippen LogP contribution < -0.4 is 5.56 Å². The second-order valence-corrected chi connectivity index (χ2v) is 6.68. The van der Waals surface area contributed by atoms with E-state index < -0.39 is 0 Å². The third-order valence-corrected chi connectivity index (χ3v) is 5.14. The van der Waals surface area contributed by atoms with Crippen LogP contribution in [0.4, 0.5) is 0 Å². The van der Waals surface area contributed by atoms with Gasteiger partial charge >= 0.3 is 0 Å². The highest BCUT2D eigenvalue weighted by Crippen LogP contribution is 2.25. The van der Waals surface area contributed by atoms with Crippen molar-refractivity contribution in [2.45, 2.75) is 13.8 Å². The van der Waals surface area contributed by atoms with Crippen LogP contribution in [0.3, 0.4) is 0 Å². The minimum absolute atomic E-state index is 0.134. The van der Waals surface area contributed by atoms with Gasteiger partial charge in [-0.05, 0) is 25.5 Å². The van der Waals surface area contributed by atoms with E-state index in [2.05, 4.69) is 26.0 Å². The van der Waals surface area contributed by atoms with Gasteiger partial charge in [-0.3, -0.25) is 4.79 Å². The second kappa shape index (κ2) is 5.54. The molecule has 2 aromatic heterocycles. The third kappa shape index (κ3) is 2.56. The van der Waals surface area contributed by atoms with E-state index in [0.717, 1.165) is 25.3 Å². The summed E-state index contributed by atoms with van der Waals surface area (Å²) in [4.78, 5) is 18.7. The molecule has 106 valence electrons. The SMILES string of the molecule is Cc1sc2ncn(/N=C/c3ccccc3Br)c(=O)c2c1C. The van der Waals surface area contributed by atoms with Gasteiger partial charge in [-0.2, -0.15) is 9.78 Å². The third-order valence-electron chi connectivity index (χ3n) is 3.30. The molecule has 0 atom stereocenters. The quantitative estimate of drug-likeness (QED) is 0.653. The van der Waals surface area contributed by atoms with Gasteiger partial charge < -0.3 is 0 Å². The normalized spacial score (nSPS) is 11.6. The molecule has 0 bridgehead atoms. The number of rotatable bonds is 2. The van der Waals surface area contributed by atoms with Crippen LogP contribution in [0.15, 0.2) is 45.0 Å². The Labute approximate surface area is 133 Å². The average molecular weight is 362 g/mol. The molecule has 0 aliphatic carbocycles. The largest absolute Gasteiger partial charge is 0.282 e. The number of aryl methyl sites for hydroxylation is 2. The van der Waals surface area contributed by atoms with E-state index in [1.165, 1.54) is 22.3 Å². The Bertz CT molecular complexity index is 911. The molecule has 3 rings (SSSR count). The topological polar surface area (TPSA) is 47.2 Å². The van der Waals surface area contributed by atoms with Crippen molar-refractivity contribution in [1.29, 1.82) is 0 Å². The van der Waals surface area contributed by atoms with Crippen molar-refractivity contribution in [1.82, 2.24) is 9.66 Å². The number of hydrogen-bond donors (Lipinski definition) is 0. The number of thiophene rings is 1. The Kier molecular flexibility index (Phi) is 3.73. The first kappa shape index (κ1) is 14.2. The van der Waals surface area contributed by atoms with Gasteiger partial charge in [0, 0.05) is 14.9 Å². The second-order valence-electron chi connectivity index (χ2n) is 4.62. The average Bonchev–Trinajstić information content (AvgIpc) is 2.76. The molecule has 3 aromatic rings. The van der Waals surface area contributed by atoms with Crippen molar-refractivity contribution in [2.24, 2.45) is 5.10 Å². The van der Waals surface area contributed by atoms with Crippen molar-refractivity contribution in [3.8, 4) is 0 Å². The van der Waals surface area contributed by atoms with Crippen molar-refractivity contribution in [2.75, 3.05) is 0 Å². The number of hydrogen-bond acceptors (Lipinski definition) is 4. The van der Waals surface area contributed by atoms with E-state index in [4.69, 9.17) is 0 Å². The highest BCUT2D eigenvalue weighted by Gasteiger charge is 2.11. The molecule has 0 radical (unpaired) electrons. The van der Waals surface area contributed by atoms with Crippen molar-refractivity contribution in [3.05, 3.63) is 61.4 Å². The summed E-state index contributed by atoms with van der Waals surface area (Å²) in [5.74, 6) is 0. The smallest absolute Gasteiger partial charge is 0.267 e. The van der Waals surface area contributed by atoms with E-state index in [9.17, 15) is 4.79 Å². The number of halogens is 1. The first-order valence-corrected chi connectivity index (χ1v) is 7.95. The number of nitrogens with zero attached hydrogens (tertiary/aromatic N) is 3. The van der Waals surface area contributed by atoms with Crippen LogP contribution in [-0.2, 0) is 0 Å². The highest BCUT2D eigenvalue weighted by molar-refractivity contribution is 9.10. The minimum Gasteiger partial charge on any atom is -0.267 e. The number of aromatic nitrogens is 2. The molecule has 4 nitrogen and oxygen atoms in total. The number of benzene rings is 1. The minimum atomic E-state index is -0.134. The fourth-order valence-corrected chi connectivity index (χ4v) is 3.39. The monoisotopic (exact) mass is 361 g/mol. The maximum atomic E-state index is 12.5. The molecule has 0 N–H and O–H groups in total. The lowest BCUT2D eigenvalue weighted by molar-refractivity contribution is 0.818. The Morgan fingerprint density at radius 3 is 2.86 bits per heavy atom. The lowest BCUT2D eigenvalue weighted by atomic mass is 10.2. The van der Waals surface area contributed by atoms with Crippen molar-refractivity contribution < 1.29 is 0 Å². The van der Waals surface area contributed by atoms with Crippen molar-refractivity contribution >= 4 is 43.7 Å². The summed E-state index contributed by atoms with van der Waals surface area (Å²) in [5.41, 5.74) is 1.76. The Morgan fingerprint density at radius 2 is 2.10 bits per heavy atom. The summed E-state index contributed by atoms with van der Waals surface area (Å²) in [6.07, 6.45) is 3.11. The van der Waals surface area contributed by atoms with Gasteiger partial charge in [0.2, 0.25) is 0 Å². The molecule has 0 amide bonds. The summed E-state index contributed by atoms with van der Waals surface area (Å²) >= 11 is 4.99. The van der Waals surface area contributed by atoms with Crippen LogP contribution in [0, 0.1) is 13.8 Å². The lowest BCUT2D eigenvalue weighted by Crippen LogP contribution is -2.17. The molecule has 0 aliphatic rings. The van der Waals surface area contributed by atoms with Gasteiger partial charge in [0.1, 0.15) is 11.2 Å². The van der Waals surface area contributed by atoms with E-state index in [1.807, 2.05) is 38.1 Å². The summed E-state index contributed by atoms with van der Waals surface area (Å²) in [5, 5.41) is 4.89.